The fraction of sp³-hybridized carbons (Fsp3) is 0.667. The molecule has 0 atom stereocenters. The molecule has 5 rings (SSSR count). The quantitative estimate of drug-likeness (QED) is 0.812. The van der Waals surface area contributed by atoms with E-state index in [0.29, 0.717) is 0 Å². The van der Waals surface area contributed by atoms with E-state index >= 15 is 0 Å². The van der Waals surface area contributed by atoms with Crippen LogP contribution in [0.5, 0.6) is 0 Å². The first kappa shape index (κ1) is 18.9. The molecule has 5 nitrogen and oxygen atoms in total. The molecule has 1 amide bonds. The number of aryl methyl sites for hydroxylation is 1. The Hall–Kier alpha value is -1.40. The van der Waals surface area contributed by atoms with Gasteiger partial charge in [-0.15, -0.1) is 0 Å². The van der Waals surface area contributed by atoms with Gasteiger partial charge in [0.05, 0.1) is 12.8 Å². The SMILES string of the molecule is Cc1ccc(CN(CC(=O)NC23CC4CC(CC(C4)C2)C3)S(C)(=O)=O)cc1. The molecule has 0 heterocycles. The Bertz CT molecular complexity index is 781. The molecule has 1 N–H and O–H groups in total. The zero-order valence-electron chi connectivity index (χ0n) is 16.3. The van der Waals surface area contributed by atoms with Crippen LogP contribution in [0.2, 0.25) is 0 Å². The predicted molar refractivity (Wildman–Crippen MR) is 105 cm³/mol. The normalized spacial score (nSPS) is 32.0. The molecule has 6 heteroatoms. The lowest BCUT2D eigenvalue weighted by Crippen LogP contribution is -2.61. The second-order valence-corrected chi connectivity index (χ2v) is 11.2. The number of amides is 1. The number of hydrogen-bond donors (Lipinski definition) is 1. The highest BCUT2D eigenvalue weighted by atomic mass is 32.2. The Balaban J connectivity index is 1.43. The van der Waals surface area contributed by atoms with Gasteiger partial charge in [-0.3, -0.25) is 4.79 Å². The summed E-state index contributed by atoms with van der Waals surface area (Å²) in [6, 6.07) is 7.77. The number of nitrogens with zero attached hydrogens (tertiary/aromatic N) is 1. The Kier molecular flexibility index (Phi) is 4.83. The van der Waals surface area contributed by atoms with Crippen LogP contribution in [0, 0.1) is 24.7 Å². The number of hydrogen-bond acceptors (Lipinski definition) is 3. The third-order valence-electron chi connectivity index (χ3n) is 6.71. The van der Waals surface area contributed by atoms with Gasteiger partial charge in [0, 0.05) is 12.1 Å². The molecule has 27 heavy (non-hydrogen) atoms. The highest BCUT2D eigenvalue weighted by molar-refractivity contribution is 7.88. The van der Waals surface area contributed by atoms with E-state index in [2.05, 4.69) is 5.32 Å². The molecule has 0 aliphatic heterocycles. The van der Waals surface area contributed by atoms with Crippen molar-refractivity contribution in [3.8, 4) is 0 Å². The molecule has 4 bridgehead atoms. The Morgan fingerprint density at radius 2 is 1.59 bits per heavy atom. The molecule has 0 unspecified atom stereocenters. The Morgan fingerprint density at radius 1 is 1.07 bits per heavy atom. The molecule has 148 valence electrons. The minimum Gasteiger partial charge on any atom is -0.349 e. The first-order chi connectivity index (χ1) is 12.7. The van der Waals surface area contributed by atoms with Crippen molar-refractivity contribution in [1.29, 1.82) is 0 Å². The van der Waals surface area contributed by atoms with Crippen molar-refractivity contribution >= 4 is 15.9 Å². The molecule has 0 radical (unpaired) electrons. The highest BCUT2D eigenvalue weighted by Crippen LogP contribution is 2.55. The van der Waals surface area contributed by atoms with Gasteiger partial charge in [-0.1, -0.05) is 29.8 Å². The number of rotatable bonds is 6. The lowest BCUT2D eigenvalue weighted by atomic mass is 9.53. The summed E-state index contributed by atoms with van der Waals surface area (Å²) >= 11 is 0. The summed E-state index contributed by atoms with van der Waals surface area (Å²) in [4.78, 5) is 12.8. The van der Waals surface area contributed by atoms with Gasteiger partial charge in [-0.25, -0.2) is 8.42 Å². The fourth-order valence-electron chi connectivity index (χ4n) is 5.95. The number of nitrogens with one attached hydrogen (secondary N) is 1. The van der Waals surface area contributed by atoms with E-state index in [9.17, 15) is 13.2 Å². The summed E-state index contributed by atoms with van der Waals surface area (Å²) in [5.41, 5.74) is 1.94. The van der Waals surface area contributed by atoms with E-state index in [0.717, 1.165) is 48.1 Å². The zero-order chi connectivity index (χ0) is 19.2. The lowest BCUT2D eigenvalue weighted by molar-refractivity contribution is -0.127. The van der Waals surface area contributed by atoms with Crippen LogP contribution < -0.4 is 5.32 Å². The summed E-state index contributed by atoms with van der Waals surface area (Å²) < 4.78 is 25.8. The summed E-state index contributed by atoms with van der Waals surface area (Å²) in [5, 5.41) is 3.28. The fourth-order valence-corrected chi connectivity index (χ4v) is 6.68. The molecule has 4 aliphatic rings. The van der Waals surface area contributed by atoms with Crippen molar-refractivity contribution in [2.24, 2.45) is 17.8 Å². The van der Waals surface area contributed by atoms with Gasteiger partial charge in [-0.05, 0) is 68.8 Å². The average molecular weight is 391 g/mol. The second-order valence-electron chi connectivity index (χ2n) is 9.26. The maximum Gasteiger partial charge on any atom is 0.235 e. The topological polar surface area (TPSA) is 66.5 Å². The summed E-state index contributed by atoms with van der Waals surface area (Å²) in [6.07, 6.45) is 8.35. The Morgan fingerprint density at radius 3 is 2.07 bits per heavy atom. The molecule has 0 saturated heterocycles. The molecule has 4 fully saturated rings. The van der Waals surface area contributed by atoms with Gasteiger partial charge in [0.15, 0.2) is 0 Å². The maximum absolute atomic E-state index is 12.8. The molecule has 0 spiro atoms. The van der Waals surface area contributed by atoms with Crippen LogP contribution >= 0.6 is 0 Å². The third kappa shape index (κ3) is 4.21. The number of carbonyl (C=O) groups excluding carboxylic acids is 1. The first-order valence-corrected chi connectivity index (χ1v) is 11.9. The van der Waals surface area contributed by atoms with Crippen LogP contribution in [-0.2, 0) is 21.4 Å². The predicted octanol–water partition coefficient (Wildman–Crippen LogP) is 2.84. The minimum atomic E-state index is -3.46. The van der Waals surface area contributed by atoms with Gasteiger partial charge >= 0.3 is 0 Å². The molecule has 4 aliphatic carbocycles. The molecular weight excluding hydrogens is 360 g/mol. The van der Waals surface area contributed by atoms with E-state index < -0.39 is 10.0 Å². The summed E-state index contributed by atoms with van der Waals surface area (Å²) in [7, 11) is -3.46. The van der Waals surface area contributed by atoms with Gasteiger partial charge in [0.25, 0.3) is 0 Å². The van der Waals surface area contributed by atoms with E-state index in [4.69, 9.17) is 0 Å². The number of sulfonamides is 1. The van der Waals surface area contributed by atoms with Gasteiger partial charge < -0.3 is 5.32 Å². The van der Waals surface area contributed by atoms with Crippen LogP contribution in [0.1, 0.15) is 49.7 Å². The Labute approximate surface area is 162 Å². The molecule has 4 saturated carbocycles. The van der Waals surface area contributed by atoms with Crippen LogP contribution in [-0.4, -0.2) is 37.0 Å². The van der Waals surface area contributed by atoms with Crippen molar-refractivity contribution in [2.75, 3.05) is 12.8 Å². The van der Waals surface area contributed by atoms with E-state index in [1.54, 1.807) is 0 Å². The van der Waals surface area contributed by atoms with Gasteiger partial charge in [-0.2, -0.15) is 4.31 Å². The van der Waals surface area contributed by atoms with Gasteiger partial charge in [0.1, 0.15) is 0 Å². The highest BCUT2D eigenvalue weighted by Gasteiger charge is 2.51. The monoisotopic (exact) mass is 390 g/mol. The lowest BCUT2D eigenvalue weighted by Gasteiger charge is -2.57. The molecule has 1 aromatic carbocycles. The van der Waals surface area contributed by atoms with Crippen molar-refractivity contribution in [3.05, 3.63) is 35.4 Å². The van der Waals surface area contributed by atoms with Crippen molar-refractivity contribution in [1.82, 2.24) is 9.62 Å². The largest absolute Gasteiger partial charge is 0.349 e. The van der Waals surface area contributed by atoms with Crippen LogP contribution in [0.25, 0.3) is 0 Å². The summed E-state index contributed by atoms with van der Waals surface area (Å²) in [6.45, 7) is 2.12. The molecule has 0 aromatic heterocycles. The van der Waals surface area contributed by atoms with E-state index in [1.165, 1.54) is 29.8 Å². The van der Waals surface area contributed by atoms with Crippen LogP contribution in [0.3, 0.4) is 0 Å². The standard InChI is InChI=1S/C21H30N2O3S/c1-15-3-5-16(6-4-15)13-23(27(2,25)26)14-20(24)22-21-10-17-7-18(11-21)9-19(8-17)12-21/h3-6,17-19H,7-14H2,1-2H3,(H,22,24). The average Bonchev–Trinajstić information content (AvgIpc) is 2.53. The number of carbonyl (C=O) groups is 1. The molecule has 1 aromatic rings. The minimum absolute atomic E-state index is 0.0845. The molecular formula is C21H30N2O3S. The van der Waals surface area contributed by atoms with E-state index in [1.807, 2.05) is 31.2 Å². The first-order valence-electron chi connectivity index (χ1n) is 10.0. The van der Waals surface area contributed by atoms with Crippen molar-refractivity contribution in [2.45, 2.75) is 57.5 Å². The second kappa shape index (κ2) is 6.89. The van der Waals surface area contributed by atoms with Crippen molar-refractivity contribution in [3.63, 3.8) is 0 Å². The smallest absolute Gasteiger partial charge is 0.235 e. The maximum atomic E-state index is 12.8. The van der Waals surface area contributed by atoms with Crippen LogP contribution in [0.4, 0.5) is 0 Å². The van der Waals surface area contributed by atoms with Crippen LogP contribution in [0.15, 0.2) is 24.3 Å². The summed E-state index contributed by atoms with van der Waals surface area (Å²) in [5.74, 6) is 2.08. The van der Waals surface area contributed by atoms with E-state index in [-0.39, 0.29) is 24.5 Å². The van der Waals surface area contributed by atoms with Crippen molar-refractivity contribution < 1.29 is 13.2 Å². The third-order valence-corrected chi connectivity index (χ3v) is 7.91. The zero-order valence-corrected chi connectivity index (χ0v) is 17.1. The van der Waals surface area contributed by atoms with Gasteiger partial charge in [0.2, 0.25) is 15.9 Å². The number of benzene rings is 1.